The zero-order chi connectivity index (χ0) is 61.1. The molecule has 0 saturated carbocycles. The van der Waals surface area contributed by atoms with Crippen molar-refractivity contribution in [1.82, 2.24) is 4.57 Å². The molecular formula is C84H55B2N5Se2. The maximum atomic E-state index is 2.75. The van der Waals surface area contributed by atoms with Crippen molar-refractivity contribution in [3.8, 4) is 16.8 Å². The Labute approximate surface area is 554 Å². The van der Waals surface area contributed by atoms with Crippen LogP contribution < -0.4 is 70.2 Å². The molecular weight excluding hydrogens is 1260 g/mol. The van der Waals surface area contributed by atoms with Gasteiger partial charge in [-0.1, -0.05) is 0 Å². The summed E-state index contributed by atoms with van der Waals surface area (Å²) in [5, 5.41) is 2.51. The summed E-state index contributed by atoms with van der Waals surface area (Å²) in [5.41, 5.74) is 28.3. The normalized spacial score (nSPS) is 13.0. The second-order valence-electron chi connectivity index (χ2n) is 24.3. The number of rotatable bonds is 10. The minimum absolute atomic E-state index is 0.0853. The Balaban J connectivity index is 0.943. The fraction of sp³-hybridized carbons (Fsp3) is 0. The molecule has 19 rings (SSSR count). The van der Waals surface area contributed by atoms with Gasteiger partial charge in [-0.25, -0.2) is 0 Å². The first-order valence-corrected chi connectivity index (χ1v) is 35.3. The molecule has 5 heterocycles. The molecule has 4 aliphatic rings. The van der Waals surface area contributed by atoms with Crippen molar-refractivity contribution in [3.63, 3.8) is 0 Å². The SMILES string of the molecule is c1ccc(N(c2ccccc2)c2cc3c4c(c2)N(c2ccccc2)c2ccccc2B4c2cc4c(c(-c5ccccc5-n5c6ccccc6c6ccccc65)c2[Se]3)[Se]c2cc(N(c3ccccc3)c3ccccc3)cc3c2B4c2ccccc2N3c2ccccc2)cc1. The topological polar surface area (TPSA) is 17.9 Å². The molecule has 9 heteroatoms. The van der Waals surface area contributed by atoms with Crippen molar-refractivity contribution >= 4 is 184 Å². The molecule has 93 heavy (non-hydrogen) atoms. The van der Waals surface area contributed by atoms with Gasteiger partial charge in [-0.15, -0.1) is 0 Å². The second-order valence-corrected chi connectivity index (χ2v) is 28.7. The Morgan fingerprint density at radius 1 is 0.269 bits per heavy atom. The summed E-state index contributed by atoms with van der Waals surface area (Å²) in [6.45, 7) is -0.171. The van der Waals surface area contributed by atoms with Crippen LogP contribution in [-0.4, -0.2) is 47.9 Å². The van der Waals surface area contributed by atoms with Gasteiger partial charge >= 0.3 is 559 Å². The number of hydrogen-bond donors (Lipinski definition) is 0. The maximum absolute atomic E-state index is 2.75. The van der Waals surface area contributed by atoms with Crippen LogP contribution in [0.15, 0.2) is 334 Å². The molecule has 0 amide bonds. The Morgan fingerprint density at radius 3 is 1.03 bits per heavy atom. The third-order valence-electron chi connectivity index (χ3n) is 19.2. The molecule has 5 nitrogen and oxygen atoms in total. The number of benzene rings is 14. The van der Waals surface area contributed by atoms with Gasteiger partial charge in [-0.3, -0.25) is 0 Å². The summed E-state index contributed by atoms with van der Waals surface area (Å²) >= 11 is -0.430. The van der Waals surface area contributed by atoms with Gasteiger partial charge in [0.2, 0.25) is 0 Å². The van der Waals surface area contributed by atoms with E-state index in [-0.39, 0.29) is 43.3 Å². The number of aromatic nitrogens is 1. The Hall–Kier alpha value is -10.8. The van der Waals surface area contributed by atoms with E-state index in [1.807, 2.05) is 0 Å². The van der Waals surface area contributed by atoms with E-state index >= 15 is 0 Å². The molecule has 14 aromatic carbocycles. The molecule has 0 unspecified atom stereocenters. The van der Waals surface area contributed by atoms with Crippen LogP contribution >= 0.6 is 0 Å². The van der Waals surface area contributed by atoms with Gasteiger partial charge < -0.3 is 0 Å². The molecule has 15 aromatic rings. The molecule has 434 valence electrons. The first kappa shape index (κ1) is 54.0. The number of hydrogen-bond acceptors (Lipinski definition) is 4. The minimum atomic E-state index is -0.215. The summed E-state index contributed by atoms with van der Waals surface area (Å²) < 4.78 is 8.27. The standard InChI is InChI=1S/C84H55B2N5Se2/c1-7-29-56(30-8-1)87(57-31-9-2-10-32-57)62-51-76-81-78(53-62)92-83-69(85(81)67-44-22-27-49-74(67)89(76)60-37-15-5-16-38-60)55-70-84(80(83)66-43-21-26-48-73(66)91-71-46-24-19-41-64(71)65-42-20-25-47-72(65)91)93-79-54-63(88(58-33-11-3-12-34-58)59-35-13-4-14-36-59)52-77-82(79)86(70)68-45-23-28-50-75(68)90(77)61-39-17-6-18-40-61/h1-55H. The van der Waals surface area contributed by atoms with Crippen molar-refractivity contribution in [1.29, 1.82) is 0 Å². The average molecular weight is 1310 g/mol. The van der Waals surface area contributed by atoms with Gasteiger partial charge in [0.1, 0.15) is 0 Å². The van der Waals surface area contributed by atoms with E-state index in [2.05, 4.69) is 358 Å². The second kappa shape index (κ2) is 22.0. The zero-order valence-electron chi connectivity index (χ0n) is 50.5. The number of fused-ring (bicyclic) bond motifs is 11. The van der Waals surface area contributed by atoms with E-state index < -0.39 is 0 Å². The number of anilines is 12. The summed E-state index contributed by atoms with van der Waals surface area (Å²) in [6, 6.07) is 125. The Bertz CT molecular complexity index is 5050. The van der Waals surface area contributed by atoms with Gasteiger partial charge in [-0.2, -0.15) is 0 Å². The predicted octanol–water partition coefficient (Wildman–Crippen LogP) is 13.9. The third kappa shape index (κ3) is 8.55. The van der Waals surface area contributed by atoms with E-state index in [4.69, 9.17) is 0 Å². The molecule has 0 spiro atoms. The molecule has 0 saturated heterocycles. The van der Waals surface area contributed by atoms with Crippen molar-refractivity contribution < 1.29 is 0 Å². The van der Waals surface area contributed by atoms with Crippen LogP contribution in [0.4, 0.5) is 68.2 Å². The van der Waals surface area contributed by atoms with Crippen LogP contribution in [0.3, 0.4) is 0 Å². The molecule has 4 aliphatic heterocycles. The van der Waals surface area contributed by atoms with Crippen LogP contribution in [0, 0.1) is 0 Å². The molecule has 0 radical (unpaired) electrons. The summed E-state index contributed by atoms with van der Waals surface area (Å²) in [6.07, 6.45) is 0. The van der Waals surface area contributed by atoms with Crippen LogP contribution in [0.1, 0.15) is 0 Å². The van der Waals surface area contributed by atoms with Gasteiger partial charge in [0, 0.05) is 0 Å². The summed E-state index contributed by atoms with van der Waals surface area (Å²) in [7, 11) is 0. The molecule has 0 atom stereocenters. The monoisotopic (exact) mass is 1320 g/mol. The summed E-state index contributed by atoms with van der Waals surface area (Å²) in [4.78, 5) is 10.1. The van der Waals surface area contributed by atoms with Crippen LogP contribution in [0.25, 0.3) is 38.6 Å². The average Bonchev–Trinajstić information content (AvgIpc) is 1.00. The first-order chi connectivity index (χ1) is 46.2. The van der Waals surface area contributed by atoms with Crippen molar-refractivity contribution in [3.05, 3.63) is 334 Å². The first-order valence-electron chi connectivity index (χ1n) is 31.9. The number of para-hydroxylation sites is 11. The third-order valence-corrected chi connectivity index (χ3v) is 24.2. The molecule has 0 bridgehead atoms. The summed E-state index contributed by atoms with van der Waals surface area (Å²) in [5.74, 6) is 0. The van der Waals surface area contributed by atoms with Gasteiger partial charge in [-0.05, 0) is 0 Å². The van der Waals surface area contributed by atoms with Gasteiger partial charge in [0.05, 0.1) is 0 Å². The predicted molar refractivity (Wildman–Crippen MR) is 397 cm³/mol. The molecule has 1 aromatic heterocycles. The molecule has 0 N–H and O–H groups in total. The van der Waals surface area contributed by atoms with Crippen molar-refractivity contribution in [2.75, 3.05) is 19.6 Å². The van der Waals surface area contributed by atoms with E-state index in [1.165, 1.54) is 112 Å². The quantitative estimate of drug-likeness (QED) is 0.127. The Kier molecular flexibility index (Phi) is 12.8. The number of nitrogens with zero attached hydrogens (tertiary/aromatic N) is 5. The van der Waals surface area contributed by atoms with Gasteiger partial charge in [0.25, 0.3) is 0 Å². The van der Waals surface area contributed by atoms with E-state index in [0.29, 0.717) is 0 Å². The van der Waals surface area contributed by atoms with E-state index in [9.17, 15) is 0 Å². The van der Waals surface area contributed by atoms with E-state index in [1.54, 1.807) is 0 Å². The van der Waals surface area contributed by atoms with E-state index in [0.717, 1.165) is 45.5 Å². The zero-order valence-corrected chi connectivity index (χ0v) is 53.9. The molecule has 0 fully saturated rings. The van der Waals surface area contributed by atoms with Crippen LogP contribution in [0.5, 0.6) is 0 Å². The van der Waals surface area contributed by atoms with Gasteiger partial charge in [0.15, 0.2) is 0 Å². The molecule has 0 aliphatic carbocycles. The fourth-order valence-corrected chi connectivity index (χ4v) is 21.4. The Morgan fingerprint density at radius 2 is 0.613 bits per heavy atom. The van der Waals surface area contributed by atoms with Crippen molar-refractivity contribution in [2.45, 2.75) is 0 Å². The van der Waals surface area contributed by atoms with Crippen LogP contribution in [-0.2, 0) is 0 Å². The van der Waals surface area contributed by atoms with Crippen molar-refractivity contribution in [2.24, 2.45) is 0 Å². The fourth-order valence-electron chi connectivity index (χ4n) is 15.4. The van der Waals surface area contributed by atoms with Crippen LogP contribution in [0.2, 0.25) is 0 Å².